The number of benzene rings is 3. The Balaban J connectivity index is 1.27. The minimum absolute atomic E-state index is 0.0719. The van der Waals surface area contributed by atoms with E-state index >= 15 is 0 Å². The number of fused-ring (bicyclic) bond motifs is 2. The zero-order valence-electron chi connectivity index (χ0n) is 28.5. The molecule has 0 aliphatic carbocycles. The minimum Gasteiger partial charge on any atom is -0.497 e. The normalized spacial score (nSPS) is 23.9. The summed E-state index contributed by atoms with van der Waals surface area (Å²) in [5.41, 5.74) is 2.98. The number of rotatable bonds is 11. The van der Waals surface area contributed by atoms with Crippen LogP contribution in [-0.2, 0) is 31.9 Å². The van der Waals surface area contributed by atoms with Gasteiger partial charge in [0.15, 0.2) is 5.60 Å². The van der Waals surface area contributed by atoms with Gasteiger partial charge in [-0.1, -0.05) is 74.5 Å². The summed E-state index contributed by atoms with van der Waals surface area (Å²) < 4.78 is 14.4. The van der Waals surface area contributed by atoms with E-state index in [9.17, 15) is 14.7 Å². The predicted octanol–water partition coefficient (Wildman–Crippen LogP) is 5.55. The molecule has 0 unspecified atom stereocenters. The summed E-state index contributed by atoms with van der Waals surface area (Å²) in [4.78, 5) is 30.7. The van der Waals surface area contributed by atoms with E-state index in [1.807, 2.05) is 60.7 Å². The molecule has 0 bridgehead atoms. The van der Waals surface area contributed by atoms with Crippen LogP contribution < -0.4 is 14.5 Å². The van der Waals surface area contributed by atoms with Crippen molar-refractivity contribution in [2.24, 2.45) is 11.8 Å². The minimum atomic E-state index is -1.27. The van der Waals surface area contributed by atoms with Crippen molar-refractivity contribution in [2.75, 3.05) is 30.0 Å². The number of nitrogens with zero attached hydrogens (tertiary/aromatic N) is 5. The first-order chi connectivity index (χ1) is 23.6. The molecule has 2 fully saturated rings. The largest absolute Gasteiger partial charge is 0.497 e. The van der Waals surface area contributed by atoms with Crippen molar-refractivity contribution in [3.05, 3.63) is 114 Å². The van der Waals surface area contributed by atoms with Gasteiger partial charge >= 0.3 is 0 Å². The Hall–Kier alpha value is -4.80. The van der Waals surface area contributed by atoms with Gasteiger partial charge in [-0.2, -0.15) is 0 Å². The summed E-state index contributed by atoms with van der Waals surface area (Å²) in [6, 6.07) is 23.3. The van der Waals surface area contributed by atoms with Crippen LogP contribution in [0.3, 0.4) is 0 Å². The van der Waals surface area contributed by atoms with E-state index in [0.29, 0.717) is 38.2 Å². The Morgan fingerprint density at radius 1 is 1.12 bits per heavy atom. The number of β-lactam (4-membered cyclic amide) rings is 1. The van der Waals surface area contributed by atoms with Gasteiger partial charge in [-0.25, -0.2) is 0 Å². The predicted molar refractivity (Wildman–Crippen MR) is 186 cm³/mol. The number of aliphatic hydroxyl groups is 1. The molecule has 4 heterocycles. The summed E-state index contributed by atoms with van der Waals surface area (Å²) in [6.45, 7) is 11.9. The Labute approximate surface area is 286 Å². The van der Waals surface area contributed by atoms with Crippen molar-refractivity contribution >= 4 is 23.2 Å². The highest BCUT2D eigenvalue weighted by Gasteiger charge is 2.66. The van der Waals surface area contributed by atoms with Gasteiger partial charge in [-0.15, -0.1) is 11.7 Å². The highest BCUT2D eigenvalue weighted by atomic mass is 16.5. The van der Waals surface area contributed by atoms with Gasteiger partial charge in [0.2, 0.25) is 5.91 Å². The maximum atomic E-state index is 14.7. The van der Waals surface area contributed by atoms with Crippen LogP contribution in [0.5, 0.6) is 5.75 Å². The first-order valence-electron chi connectivity index (χ1n) is 16.9. The smallest absolute Gasteiger partial charge is 0.264 e. The maximum absolute atomic E-state index is 14.7. The summed E-state index contributed by atoms with van der Waals surface area (Å²) in [7, 11) is 1.65. The fourth-order valence-electron chi connectivity index (χ4n) is 8.25. The maximum Gasteiger partial charge on any atom is 0.264 e. The number of aliphatic hydroxyl groups excluding tert-OH is 1. The van der Waals surface area contributed by atoms with Crippen molar-refractivity contribution < 1.29 is 24.2 Å². The number of methoxy groups -OCH3 is 1. The van der Waals surface area contributed by atoms with Crippen molar-refractivity contribution in [2.45, 2.75) is 63.4 Å². The third kappa shape index (κ3) is 5.34. The van der Waals surface area contributed by atoms with E-state index in [2.05, 4.69) is 49.8 Å². The Morgan fingerprint density at radius 2 is 1.88 bits per heavy atom. The summed E-state index contributed by atoms with van der Waals surface area (Å²) >= 11 is 0. The van der Waals surface area contributed by atoms with E-state index in [1.165, 1.54) is 0 Å². The average molecular weight is 662 g/mol. The van der Waals surface area contributed by atoms with Crippen LogP contribution in [0, 0.1) is 11.8 Å². The van der Waals surface area contributed by atoms with E-state index in [0.717, 1.165) is 33.8 Å². The fourth-order valence-corrected chi connectivity index (χ4v) is 8.25. The number of amides is 2. The molecule has 2 saturated heterocycles. The van der Waals surface area contributed by atoms with Gasteiger partial charge in [0.25, 0.3) is 5.91 Å². The average Bonchev–Trinajstić information content (AvgIpc) is 3.77. The van der Waals surface area contributed by atoms with E-state index in [4.69, 9.17) is 9.47 Å². The zero-order chi connectivity index (χ0) is 34.5. The lowest BCUT2D eigenvalue weighted by Gasteiger charge is -2.39. The molecule has 4 aromatic rings. The number of ether oxygens (including phenoxy) is 2. The molecule has 0 saturated carbocycles. The van der Waals surface area contributed by atoms with Crippen LogP contribution in [0.2, 0.25) is 0 Å². The van der Waals surface area contributed by atoms with E-state index in [-0.39, 0.29) is 29.8 Å². The number of carbonyl (C=O) groups is 2. The van der Waals surface area contributed by atoms with Gasteiger partial charge in [0.05, 0.1) is 25.1 Å². The third-order valence-electron chi connectivity index (χ3n) is 10.9. The highest BCUT2D eigenvalue weighted by molar-refractivity contribution is 6.09. The molecular formula is C39H43N5O5. The molecule has 1 spiro atoms. The SMILES string of the molecule is C=CCN1C(=O)[C@]2(O[C@H](CCn3cc([C@H](O)c4ccccc4)nn3)[C@@H](C(C)(C)c3ccc(OC)cc3)[C@@H]2C)c2cc(N3CCC3=O)ccc21. The highest BCUT2D eigenvalue weighted by Crippen LogP contribution is 2.60. The van der Waals surface area contributed by atoms with Gasteiger partial charge in [-0.3, -0.25) is 14.3 Å². The van der Waals surface area contributed by atoms with Crippen molar-refractivity contribution in [3.8, 4) is 5.75 Å². The molecule has 3 aliphatic rings. The van der Waals surface area contributed by atoms with E-state index < -0.39 is 17.1 Å². The van der Waals surface area contributed by atoms with Crippen molar-refractivity contribution in [1.29, 1.82) is 0 Å². The molecule has 10 heteroatoms. The van der Waals surface area contributed by atoms with Crippen molar-refractivity contribution in [3.63, 3.8) is 0 Å². The second-order valence-electron chi connectivity index (χ2n) is 13.9. The molecule has 3 aromatic carbocycles. The molecular weight excluding hydrogens is 618 g/mol. The molecule has 10 nitrogen and oxygen atoms in total. The summed E-state index contributed by atoms with van der Waals surface area (Å²) in [5, 5.41) is 19.6. The third-order valence-corrected chi connectivity index (χ3v) is 10.9. The lowest BCUT2D eigenvalue weighted by Crippen LogP contribution is -2.46. The number of aromatic nitrogens is 3. The Bertz CT molecular complexity index is 1870. The molecule has 2 amide bonds. The van der Waals surface area contributed by atoms with Crippen LogP contribution in [-0.4, -0.2) is 58.2 Å². The lowest BCUT2D eigenvalue weighted by atomic mass is 9.63. The zero-order valence-corrected chi connectivity index (χ0v) is 28.5. The summed E-state index contributed by atoms with van der Waals surface area (Å²) in [6.07, 6.45) is 3.33. The second-order valence-corrected chi connectivity index (χ2v) is 13.9. The summed E-state index contributed by atoms with van der Waals surface area (Å²) in [5.74, 6) is 0.380. The number of hydrogen-bond acceptors (Lipinski definition) is 7. The van der Waals surface area contributed by atoms with Gasteiger partial charge in [0, 0.05) is 49.1 Å². The van der Waals surface area contributed by atoms with Crippen LogP contribution in [0.1, 0.15) is 62.1 Å². The Kier molecular flexibility index (Phi) is 8.40. The molecule has 1 aromatic heterocycles. The molecule has 254 valence electrons. The number of aryl methyl sites for hydroxylation is 1. The van der Waals surface area contributed by atoms with E-state index in [1.54, 1.807) is 33.9 Å². The van der Waals surface area contributed by atoms with Gasteiger partial charge in [0.1, 0.15) is 17.5 Å². The second kappa shape index (κ2) is 12.6. The fraction of sp³-hybridized carbons (Fsp3) is 0.385. The number of carbonyl (C=O) groups excluding carboxylic acids is 2. The van der Waals surface area contributed by atoms with Crippen LogP contribution in [0.15, 0.2) is 91.6 Å². The number of hydrogen-bond donors (Lipinski definition) is 1. The molecule has 3 aliphatic heterocycles. The Morgan fingerprint density at radius 3 is 2.53 bits per heavy atom. The molecule has 1 N–H and O–H groups in total. The molecule has 0 radical (unpaired) electrons. The van der Waals surface area contributed by atoms with Crippen LogP contribution in [0.4, 0.5) is 11.4 Å². The lowest BCUT2D eigenvalue weighted by molar-refractivity contribution is -0.146. The molecule has 49 heavy (non-hydrogen) atoms. The topological polar surface area (TPSA) is 110 Å². The standard InChI is InChI=1S/C39H43N5O5/c1-6-20-44-32-17-14-28(43-22-19-34(43)45)23-30(32)39(37(44)47)25(2)35(38(3,4)27-12-15-29(48-5)16-13-27)33(49-39)18-21-42-24-31(40-41-42)36(46)26-10-8-7-9-11-26/h6-17,23-25,33,35-36,46H,1,18-22H2,2-5H3/t25-,33+,35-,36+,39+/m0/s1. The first-order valence-corrected chi connectivity index (χ1v) is 16.9. The number of anilines is 2. The monoisotopic (exact) mass is 661 g/mol. The molecule has 5 atom stereocenters. The van der Waals surface area contributed by atoms with Gasteiger partial charge in [-0.05, 0) is 53.3 Å². The molecule has 7 rings (SSSR count). The van der Waals surface area contributed by atoms with Crippen molar-refractivity contribution in [1.82, 2.24) is 15.0 Å². The van der Waals surface area contributed by atoms with Crippen LogP contribution in [0.25, 0.3) is 0 Å². The van der Waals surface area contributed by atoms with Crippen LogP contribution >= 0.6 is 0 Å². The van der Waals surface area contributed by atoms with Gasteiger partial charge < -0.3 is 24.4 Å². The quantitative estimate of drug-likeness (QED) is 0.166. The first kappa shape index (κ1) is 32.7.